The molecule has 2 heterocycles. The SMILES string of the molecule is CN=C(NCc1ccc(OCC2CC2)nc1)N1CCC(C)CC1.I. The second-order valence-electron chi connectivity index (χ2n) is 6.83. The molecule has 5 nitrogen and oxygen atoms in total. The van der Waals surface area contributed by atoms with Crippen LogP contribution >= 0.6 is 24.0 Å². The highest BCUT2D eigenvalue weighted by Crippen LogP contribution is 2.29. The average Bonchev–Trinajstić information content (AvgIpc) is 3.40. The van der Waals surface area contributed by atoms with Gasteiger partial charge in [-0.3, -0.25) is 4.99 Å². The number of nitrogens with one attached hydrogen (secondary N) is 1. The standard InChI is InChI=1S/C18H28N4O.HI/c1-14-7-9-22(10-8-14)18(19-2)21-12-16-5-6-17(20-11-16)23-13-15-3-4-15;/h5-6,11,14-15H,3-4,7-10,12-13H2,1-2H3,(H,19,21);1H. The van der Waals surface area contributed by atoms with Crippen molar-refractivity contribution in [1.82, 2.24) is 15.2 Å². The molecule has 2 fully saturated rings. The topological polar surface area (TPSA) is 49.8 Å². The van der Waals surface area contributed by atoms with Crippen LogP contribution in [0.15, 0.2) is 23.3 Å². The van der Waals surface area contributed by atoms with E-state index in [1.165, 1.54) is 25.7 Å². The zero-order valence-electron chi connectivity index (χ0n) is 14.7. The summed E-state index contributed by atoms with van der Waals surface area (Å²) in [5.74, 6) is 3.31. The predicted molar refractivity (Wildman–Crippen MR) is 108 cm³/mol. The van der Waals surface area contributed by atoms with Crippen LogP contribution in [0.3, 0.4) is 0 Å². The van der Waals surface area contributed by atoms with Crippen LogP contribution in [0, 0.1) is 11.8 Å². The molecule has 1 N–H and O–H groups in total. The minimum Gasteiger partial charge on any atom is -0.477 e. The van der Waals surface area contributed by atoms with Crippen molar-refractivity contribution in [3.63, 3.8) is 0 Å². The predicted octanol–water partition coefficient (Wildman–Crippen LogP) is 3.30. The molecule has 1 aliphatic carbocycles. The third-order valence-corrected chi connectivity index (χ3v) is 4.71. The van der Waals surface area contributed by atoms with E-state index < -0.39 is 0 Å². The summed E-state index contributed by atoms with van der Waals surface area (Å²) in [5.41, 5.74) is 1.15. The lowest BCUT2D eigenvalue weighted by Crippen LogP contribution is -2.45. The molecule has 1 aliphatic heterocycles. The lowest BCUT2D eigenvalue weighted by Gasteiger charge is -2.32. The number of nitrogens with zero attached hydrogens (tertiary/aromatic N) is 3. The summed E-state index contributed by atoms with van der Waals surface area (Å²) in [6.45, 7) is 6.06. The van der Waals surface area contributed by atoms with Crippen LogP contribution < -0.4 is 10.1 Å². The Morgan fingerprint density at radius 3 is 2.62 bits per heavy atom. The van der Waals surface area contributed by atoms with Crippen molar-refractivity contribution in [3.05, 3.63) is 23.9 Å². The Kier molecular flexibility index (Phi) is 7.58. The van der Waals surface area contributed by atoms with Gasteiger partial charge in [-0.1, -0.05) is 13.0 Å². The maximum atomic E-state index is 5.67. The van der Waals surface area contributed by atoms with Crippen LogP contribution in [0.5, 0.6) is 5.88 Å². The summed E-state index contributed by atoms with van der Waals surface area (Å²) in [6.07, 6.45) is 6.98. The molecule has 0 aromatic carbocycles. The zero-order chi connectivity index (χ0) is 16.1. The molecule has 24 heavy (non-hydrogen) atoms. The van der Waals surface area contributed by atoms with E-state index >= 15 is 0 Å². The Hall–Kier alpha value is -1.05. The van der Waals surface area contributed by atoms with Crippen LogP contribution in [0.4, 0.5) is 0 Å². The summed E-state index contributed by atoms with van der Waals surface area (Å²) in [7, 11) is 1.85. The van der Waals surface area contributed by atoms with Gasteiger partial charge in [-0.2, -0.15) is 0 Å². The molecule has 134 valence electrons. The molecule has 0 unspecified atom stereocenters. The van der Waals surface area contributed by atoms with Gasteiger partial charge in [0.25, 0.3) is 0 Å². The lowest BCUT2D eigenvalue weighted by molar-refractivity contribution is 0.273. The highest BCUT2D eigenvalue weighted by atomic mass is 127. The molecular weight excluding hydrogens is 415 g/mol. The quantitative estimate of drug-likeness (QED) is 0.430. The fraction of sp³-hybridized carbons (Fsp3) is 0.667. The number of rotatable bonds is 5. The second-order valence-corrected chi connectivity index (χ2v) is 6.83. The van der Waals surface area contributed by atoms with Crippen LogP contribution in [0.25, 0.3) is 0 Å². The zero-order valence-corrected chi connectivity index (χ0v) is 17.0. The Balaban J connectivity index is 0.00000208. The average molecular weight is 444 g/mol. The van der Waals surface area contributed by atoms with E-state index in [0.717, 1.165) is 55.5 Å². The molecule has 1 aromatic rings. The largest absolute Gasteiger partial charge is 0.477 e. The van der Waals surface area contributed by atoms with Gasteiger partial charge in [0.1, 0.15) is 0 Å². The van der Waals surface area contributed by atoms with Gasteiger partial charge in [-0.05, 0) is 43.1 Å². The summed E-state index contributed by atoms with van der Waals surface area (Å²) in [4.78, 5) is 11.1. The van der Waals surface area contributed by atoms with E-state index in [1.807, 2.05) is 19.3 Å². The second kappa shape index (κ2) is 9.44. The van der Waals surface area contributed by atoms with Crippen molar-refractivity contribution in [2.24, 2.45) is 16.8 Å². The number of halogens is 1. The third kappa shape index (κ3) is 5.79. The molecule has 0 bridgehead atoms. The van der Waals surface area contributed by atoms with Gasteiger partial charge in [0.2, 0.25) is 5.88 Å². The molecule has 1 aromatic heterocycles. The van der Waals surface area contributed by atoms with Crippen LogP contribution in [0.1, 0.15) is 38.2 Å². The first-order chi connectivity index (χ1) is 11.2. The smallest absolute Gasteiger partial charge is 0.213 e. The van der Waals surface area contributed by atoms with Crippen molar-refractivity contribution in [2.75, 3.05) is 26.7 Å². The Morgan fingerprint density at radius 2 is 2.04 bits per heavy atom. The molecule has 3 rings (SSSR count). The van der Waals surface area contributed by atoms with Gasteiger partial charge in [-0.15, -0.1) is 24.0 Å². The van der Waals surface area contributed by atoms with Gasteiger partial charge < -0.3 is 15.0 Å². The number of aromatic nitrogens is 1. The van der Waals surface area contributed by atoms with Gasteiger partial charge in [0.05, 0.1) is 6.61 Å². The first-order valence-electron chi connectivity index (χ1n) is 8.78. The Labute approximate surface area is 162 Å². The minimum absolute atomic E-state index is 0. The highest BCUT2D eigenvalue weighted by Gasteiger charge is 2.22. The number of hydrogen-bond donors (Lipinski definition) is 1. The van der Waals surface area contributed by atoms with Crippen molar-refractivity contribution < 1.29 is 4.74 Å². The van der Waals surface area contributed by atoms with E-state index in [-0.39, 0.29) is 24.0 Å². The van der Waals surface area contributed by atoms with E-state index in [0.29, 0.717) is 0 Å². The first-order valence-corrected chi connectivity index (χ1v) is 8.78. The number of aliphatic imine (C=N–C) groups is 1. The molecule has 1 saturated heterocycles. The Bertz CT molecular complexity index is 522. The summed E-state index contributed by atoms with van der Waals surface area (Å²) >= 11 is 0. The van der Waals surface area contributed by atoms with Crippen LogP contribution in [0.2, 0.25) is 0 Å². The van der Waals surface area contributed by atoms with Crippen molar-refractivity contribution in [2.45, 2.75) is 39.2 Å². The maximum Gasteiger partial charge on any atom is 0.213 e. The number of hydrogen-bond acceptors (Lipinski definition) is 3. The number of piperidine rings is 1. The summed E-state index contributed by atoms with van der Waals surface area (Å²) in [5, 5.41) is 3.45. The number of ether oxygens (including phenoxy) is 1. The number of likely N-dealkylation sites (tertiary alicyclic amines) is 1. The fourth-order valence-corrected chi connectivity index (χ4v) is 2.82. The van der Waals surface area contributed by atoms with E-state index in [2.05, 4.69) is 33.2 Å². The van der Waals surface area contributed by atoms with Crippen LogP contribution in [-0.4, -0.2) is 42.6 Å². The molecule has 0 amide bonds. The monoisotopic (exact) mass is 444 g/mol. The Morgan fingerprint density at radius 1 is 1.29 bits per heavy atom. The summed E-state index contributed by atoms with van der Waals surface area (Å²) in [6, 6.07) is 4.04. The van der Waals surface area contributed by atoms with Crippen molar-refractivity contribution in [3.8, 4) is 5.88 Å². The summed E-state index contributed by atoms with van der Waals surface area (Å²) < 4.78 is 5.67. The lowest BCUT2D eigenvalue weighted by atomic mass is 10.00. The molecule has 6 heteroatoms. The maximum absolute atomic E-state index is 5.67. The van der Waals surface area contributed by atoms with Crippen molar-refractivity contribution in [1.29, 1.82) is 0 Å². The minimum atomic E-state index is 0. The van der Waals surface area contributed by atoms with Gasteiger partial charge in [0, 0.05) is 38.9 Å². The molecule has 1 saturated carbocycles. The van der Waals surface area contributed by atoms with E-state index in [1.54, 1.807) is 0 Å². The van der Waals surface area contributed by atoms with Crippen molar-refractivity contribution >= 4 is 29.9 Å². The highest BCUT2D eigenvalue weighted by molar-refractivity contribution is 14.0. The molecule has 0 spiro atoms. The van der Waals surface area contributed by atoms with Gasteiger partial charge >= 0.3 is 0 Å². The van der Waals surface area contributed by atoms with Crippen LogP contribution in [-0.2, 0) is 6.54 Å². The molecular formula is C18H29IN4O. The van der Waals surface area contributed by atoms with E-state index in [9.17, 15) is 0 Å². The first kappa shape index (κ1) is 19.3. The van der Waals surface area contributed by atoms with E-state index in [4.69, 9.17) is 4.74 Å². The fourth-order valence-electron chi connectivity index (χ4n) is 2.82. The van der Waals surface area contributed by atoms with Gasteiger partial charge in [0.15, 0.2) is 5.96 Å². The normalized spacial score (nSPS) is 18.9. The molecule has 0 radical (unpaired) electrons. The third-order valence-electron chi connectivity index (χ3n) is 4.71. The number of pyridine rings is 1. The van der Waals surface area contributed by atoms with Gasteiger partial charge in [-0.25, -0.2) is 4.98 Å². The molecule has 2 aliphatic rings. The molecule has 0 atom stereocenters. The number of guanidine groups is 1.